The summed E-state index contributed by atoms with van der Waals surface area (Å²) in [6, 6.07) is 20.8. The molecular weight excluding hydrogens is 484 g/mol. The zero-order chi connectivity index (χ0) is 25.8. The van der Waals surface area contributed by atoms with E-state index in [1.807, 2.05) is 61.5 Å². The Balaban J connectivity index is 1.21. The number of aromatic nitrogens is 2. The minimum absolute atomic E-state index is 0.155. The summed E-state index contributed by atoms with van der Waals surface area (Å²) in [5.41, 5.74) is 4.45. The fraction of sp³-hybridized carbons (Fsp3) is 0.333. The molecule has 0 aliphatic carbocycles. The number of rotatable bonds is 8. The molecule has 1 aliphatic rings. The number of aryl methyl sites for hydroxylation is 2. The maximum atomic E-state index is 12.9. The summed E-state index contributed by atoms with van der Waals surface area (Å²) in [6.45, 7) is 5.73. The van der Waals surface area contributed by atoms with Crippen LogP contribution in [0.5, 0.6) is 5.75 Å². The lowest BCUT2D eigenvalue weighted by molar-refractivity contribution is 0.102. The van der Waals surface area contributed by atoms with Crippen LogP contribution in [0, 0.1) is 12.8 Å². The minimum Gasteiger partial charge on any atom is -0.489 e. The number of fused-ring (bicyclic) bond motifs is 1. The fourth-order valence-corrected chi connectivity index (χ4v) is 5.02. The Labute approximate surface area is 223 Å². The van der Waals surface area contributed by atoms with Crippen LogP contribution in [0.3, 0.4) is 0 Å². The van der Waals surface area contributed by atoms with Crippen LogP contribution in [-0.2, 0) is 13.2 Å². The van der Waals surface area contributed by atoms with E-state index in [9.17, 15) is 4.79 Å². The molecule has 192 valence electrons. The van der Waals surface area contributed by atoms with Gasteiger partial charge in [-0.2, -0.15) is 5.10 Å². The van der Waals surface area contributed by atoms with Crippen molar-refractivity contribution in [1.82, 2.24) is 14.7 Å². The first-order valence-corrected chi connectivity index (χ1v) is 13.3. The van der Waals surface area contributed by atoms with Crippen LogP contribution in [0.1, 0.15) is 40.9 Å². The highest BCUT2D eigenvalue weighted by Gasteiger charge is 2.18. The predicted molar refractivity (Wildman–Crippen MR) is 149 cm³/mol. The molecule has 1 N–H and O–H groups in total. The Hall–Kier alpha value is -3.35. The molecule has 0 saturated carbocycles. The number of piperidine rings is 1. The first-order valence-electron chi connectivity index (χ1n) is 12.9. The lowest BCUT2D eigenvalue weighted by Crippen LogP contribution is -2.30. The van der Waals surface area contributed by atoms with E-state index in [1.165, 1.54) is 25.9 Å². The van der Waals surface area contributed by atoms with Gasteiger partial charge in [0.25, 0.3) is 5.91 Å². The van der Waals surface area contributed by atoms with Crippen molar-refractivity contribution >= 4 is 34.1 Å². The molecule has 37 heavy (non-hydrogen) atoms. The van der Waals surface area contributed by atoms with Gasteiger partial charge in [0.1, 0.15) is 12.4 Å². The number of benzene rings is 3. The maximum Gasteiger partial charge on any atom is 0.255 e. The number of carbonyl (C=O) groups is 1. The molecular formula is C30H33ClN4O2. The van der Waals surface area contributed by atoms with E-state index in [0.29, 0.717) is 22.9 Å². The summed E-state index contributed by atoms with van der Waals surface area (Å²) in [4.78, 5) is 15.3. The molecule has 1 aromatic heterocycles. The first kappa shape index (κ1) is 25.3. The number of hydrogen-bond donors (Lipinski definition) is 1. The second-order valence-electron chi connectivity index (χ2n) is 9.97. The summed E-state index contributed by atoms with van der Waals surface area (Å²) < 4.78 is 7.94. The third kappa shape index (κ3) is 6.32. The van der Waals surface area contributed by atoms with E-state index in [0.717, 1.165) is 46.7 Å². The molecule has 0 atom stereocenters. The van der Waals surface area contributed by atoms with Crippen molar-refractivity contribution in [3.63, 3.8) is 0 Å². The molecule has 0 unspecified atom stereocenters. The zero-order valence-corrected chi connectivity index (χ0v) is 22.2. The Morgan fingerprint density at radius 3 is 2.51 bits per heavy atom. The van der Waals surface area contributed by atoms with E-state index in [1.54, 1.807) is 12.1 Å². The minimum atomic E-state index is -0.155. The van der Waals surface area contributed by atoms with E-state index in [-0.39, 0.29) is 5.91 Å². The second-order valence-corrected chi connectivity index (χ2v) is 10.4. The third-order valence-electron chi connectivity index (χ3n) is 7.22. The molecule has 5 rings (SSSR count). The lowest BCUT2D eigenvalue weighted by Gasteiger charge is -2.28. The summed E-state index contributed by atoms with van der Waals surface area (Å²) in [5.74, 6) is 1.30. The number of likely N-dealkylation sites (tertiary alicyclic amines) is 1. The van der Waals surface area contributed by atoms with Crippen LogP contribution in [0.4, 0.5) is 5.69 Å². The molecule has 0 spiro atoms. The Morgan fingerprint density at radius 2 is 1.78 bits per heavy atom. The molecule has 1 amide bonds. The second kappa shape index (κ2) is 11.4. The van der Waals surface area contributed by atoms with E-state index >= 15 is 0 Å². The van der Waals surface area contributed by atoms with Crippen molar-refractivity contribution in [3.8, 4) is 5.75 Å². The highest BCUT2D eigenvalue weighted by Crippen LogP contribution is 2.26. The van der Waals surface area contributed by atoms with Crippen LogP contribution in [0.2, 0.25) is 5.02 Å². The van der Waals surface area contributed by atoms with Crippen molar-refractivity contribution in [2.45, 2.75) is 39.3 Å². The van der Waals surface area contributed by atoms with Crippen molar-refractivity contribution in [1.29, 1.82) is 0 Å². The molecule has 4 aromatic rings. The van der Waals surface area contributed by atoms with Crippen LogP contribution in [0.15, 0.2) is 66.7 Å². The van der Waals surface area contributed by atoms with Gasteiger partial charge in [-0.1, -0.05) is 23.7 Å². The standard InChI is InChI=1S/C30H33ClN4O2/c1-21-28-12-9-26(19-29(28)35(33-21)18-15-22-13-16-34(2)17-14-22)32-30(36)24-5-10-27(11-6-24)37-20-23-3-7-25(31)8-4-23/h3-12,19,22H,13-18,20H2,1-2H3,(H,32,36). The van der Waals surface area contributed by atoms with Gasteiger partial charge in [0, 0.05) is 28.2 Å². The van der Waals surface area contributed by atoms with Gasteiger partial charge in [-0.3, -0.25) is 9.48 Å². The van der Waals surface area contributed by atoms with E-state index < -0.39 is 0 Å². The third-order valence-corrected chi connectivity index (χ3v) is 7.47. The number of anilines is 1. The van der Waals surface area contributed by atoms with Crippen molar-refractivity contribution in [2.24, 2.45) is 5.92 Å². The highest BCUT2D eigenvalue weighted by molar-refractivity contribution is 6.30. The summed E-state index contributed by atoms with van der Waals surface area (Å²) >= 11 is 5.93. The van der Waals surface area contributed by atoms with Crippen LogP contribution in [0.25, 0.3) is 10.9 Å². The van der Waals surface area contributed by atoms with Crippen molar-refractivity contribution in [3.05, 3.63) is 88.6 Å². The fourth-order valence-electron chi connectivity index (χ4n) is 4.90. The number of halogens is 1. The van der Waals surface area contributed by atoms with Gasteiger partial charge in [0.2, 0.25) is 0 Å². The normalized spacial score (nSPS) is 14.7. The molecule has 0 bridgehead atoms. The summed E-state index contributed by atoms with van der Waals surface area (Å²) in [6.07, 6.45) is 3.63. The predicted octanol–water partition coefficient (Wildman–Crippen LogP) is 6.56. The van der Waals surface area contributed by atoms with Crippen molar-refractivity contribution < 1.29 is 9.53 Å². The zero-order valence-electron chi connectivity index (χ0n) is 21.4. The average Bonchev–Trinajstić information content (AvgIpc) is 3.23. The number of ether oxygens (including phenoxy) is 1. The van der Waals surface area contributed by atoms with E-state index in [4.69, 9.17) is 21.4 Å². The number of nitrogens with zero attached hydrogens (tertiary/aromatic N) is 3. The number of amides is 1. The van der Waals surface area contributed by atoms with Crippen LogP contribution in [-0.4, -0.2) is 40.7 Å². The van der Waals surface area contributed by atoms with Crippen LogP contribution >= 0.6 is 11.6 Å². The van der Waals surface area contributed by atoms with Crippen molar-refractivity contribution in [2.75, 3.05) is 25.5 Å². The van der Waals surface area contributed by atoms with Crippen LogP contribution < -0.4 is 10.1 Å². The monoisotopic (exact) mass is 516 g/mol. The molecule has 1 saturated heterocycles. The molecule has 7 heteroatoms. The molecule has 6 nitrogen and oxygen atoms in total. The topological polar surface area (TPSA) is 59.4 Å². The van der Waals surface area contributed by atoms with E-state index in [2.05, 4.69) is 21.9 Å². The SMILES string of the molecule is Cc1nn(CCC2CCN(C)CC2)c2cc(NC(=O)c3ccc(OCc4ccc(Cl)cc4)cc3)ccc12. The van der Waals surface area contributed by atoms with Gasteiger partial charge in [0.15, 0.2) is 0 Å². The maximum absolute atomic E-state index is 12.9. The molecule has 2 heterocycles. The number of nitrogens with one attached hydrogen (secondary N) is 1. The van der Waals surface area contributed by atoms with Gasteiger partial charge < -0.3 is 15.0 Å². The Morgan fingerprint density at radius 1 is 1.05 bits per heavy atom. The molecule has 0 radical (unpaired) electrons. The Kier molecular flexibility index (Phi) is 7.77. The van der Waals surface area contributed by atoms with Gasteiger partial charge in [0.05, 0.1) is 11.2 Å². The largest absolute Gasteiger partial charge is 0.489 e. The Bertz CT molecular complexity index is 1360. The molecule has 1 aliphatic heterocycles. The smallest absolute Gasteiger partial charge is 0.255 e. The molecule has 1 fully saturated rings. The number of hydrogen-bond acceptors (Lipinski definition) is 4. The average molecular weight is 517 g/mol. The van der Waals surface area contributed by atoms with Gasteiger partial charge >= 0.3 is 0 Å². The summed E-state index contributed by atoms with van der Waals surface area (Å²) in [7, 11) is 2.20. The highest BCUT2D eigenvalue weighted by atomic mass is 35.5. The number of carbonyl (C=O) groups excluding carboxylic acids is 1. The molecule has 3 aromatic carbocycles. The lowest BCUT2D eigenvalue weighted by atomic mass is 9.94. The van der Waals surface area contributed by atoms with Gasteiger partial charge in [-0.15, -0.1) is 0 Å². The summed E-state index contributed by atoms with van der Waals surface area (Å²) in [5, 5.41) is 9.66. The van der Waals surface area contributed by atoms with Gasteiger partial charge in [-0.05, 0) is 112 Å². The first-order chi connectivity index (χ1) is 17.9. The quantitative estimate of drug-likeness (QED) is 0.288. The van der Waals surface area contributed by atoms with Gasteiger partial charge in [-0.25, -0.2) is 0 Å².